The van der Waals surface area contributed by atoms with Crippen LogP contribution in [-0.2, 0) is 0 Å². The first kappa shape index (κ1) is 14.7. The van der Waals surface area contributed by atoms with Crippen LogP contribution in [0.25, 0.3) is 11.1 Å². The molecule has 0 saturated heterocycles. The predicted molar refractivity (Wildman–Crippen MR) is 80.4 cm³/mol. The Hall–Kier alpha value is -1.71. The highest BCUT2D eigenvalue weighted by atomic mass is 35.5. The molecule has 2 rings (SSSR count). The summed E-state index contributed by atoms with van der Waals surface area (Å²) in [7, 11) is 3.04. The molecule has 0 saturated carbocycles. The molecule has 2 aromatic rings. The van der Waals surface area contributed by atoms with Gasteiger partial charge < -0.3 is 9.47 Å². The molecule has 0 aliphatic carbocycles. The lowest BCUT2D eigenvalue weighted by Gasteiger charge is -2.14. The molecule has 0 radical (unpaired) electrons. The highest BCUT2D eigenvalue weighted by molar-refractivity contribution is 6.34. The third-order valence-corrected chi connectivity index (χ3v) is 3.51. The number of hydrogen-bond acceptors (Lipinski definition) is 3. The lowest BCUT2D eigenvalue weighted by Crippen LogP contribution is -1.95. The number of halogens is 2. The van der Waals surface area contributed by atoms with E-state index in [-0.39, 0.29) is 0 Å². The number of benzene rings is 2. The second kappa shape index (κ2) is 6.16. The molecule has 3 nitrogen and oxygen atoms in total. The normalized spacial score (nSPS) is 10.2. The quantitative estimate of drug-likeness (QED) is 0.780. The zero-order chi connectivity index (χ0) is 14.7. The van der Waals surface area contributed by atoms with Crippen LogP contribution in [0.2, 0.25) is 10.0 Å². The molecule has 0 unspecified atom stereocenters. The van der Waals surface area contributed by atoms with Crippen molar-refractivity contribution in [3.8, 4) is 22.6 Å². The largest absolute Gasteiger partial charge is 0.495 e. The van der Waals surface area contributed by atoms with Gasteiger partial charge in [-0.15, -0.1) is 0 Å². The fraction of sp³-hybridized carbons (Fsp3) is 0.133. The lowest BCUT2D eigenvalue weighted by atomic mass is 9.99. The topological polar surface area (TPSA) is 35.5 Å². The van der Waals surface area contributed by atoms with E-state index in [1.165, 1.54) is 14.2 Å². The molecule has 0 bridgehead atoms. The summed E-state index contributed by atoms with van der Waals surface area (Å²) < 4.78 is 10.5. The van der Waals surface area contributed by atoms with Crippen molar-refractivity contribution in [3.63, 3.8) is 0 Å². The maximum absolute atomic E-state index is 11.2. The van der Waals surface area contributed by atoms with Gasteiger partial charge in [-0.1, -0.05) is 29.3 Å². The molecule has 0 fully saturated rings. The van der Waals surface area contributed by atoms with Crippen molar-refractivity contribution in [2.24, 2.45) is 0 Å². The van der Waals surface area contributed by atoms with Crippen LogP contribution in [0.15, 0.2) is 30.3 Å². The van der Waals surface area contributed by atoms with Gasteiger partial charge in [-0.25, -0.2) is 0 Å². The Labute approximate surface area is 127 Å². The number of ether oxygens (including phenoxy) is 2. The standard InChI is InChI=1S/C15H12Cl2O3/c1-19-13-6-5-12(15(20-2)14(13)17)11-4-3-10(16)7-9(11)8-18/h3-8H,1-2H3. The molecule has 0 aliphatic heterocycles. The van der Waals surface area contributed by atoms with Gasteiger partial charge >= 0.3 is 0 Å². The number of rotatable bonds is 4. The summed E-state index contributed by atoms with van der Waals surface area (Å²) in [4.78, 5) is 11.2. The van der Waals surface area contributed by atoms with Gasteiger partial charge in [0.2, 0.25) is 0 Å². The molecule has 0 amide bonds. The third-order valence-electron chi connectivity index (χ3n) is 2.92. The second-order valence-electron chi connectivity index (χ2n) is 4.01. The Morgan fingerprint density at radius 2 is 1.70 bits per heavy atom. The zero-order valence-corrected chi connectivity index (χ0v) is 12.5. The van der Waals surface area contributed by atoms with E-state index < -0.39 is 0 Å². The maximum Gasteiger partial charge on any atom is 0.150 e. The van der Waals surface area contributed by atoms with Gasteiger partial charge in [-0.05, 0) is 29.8 Å². The fourth-order valence-electron chi connectivity index (χ4n) is 1.98. The minimum absolute atomic E-state index is 0.360. The molecule has 0 N–H and O–H groups in total. The summed E-state index contributed by atoms with van der Waals surface area (Å²) in [6.45, 7) is 0. The van der Waals surface area contributed by atoms with E-state index in [1.54, 1.807) is 30.3 Å². The first-order valence-electron chi connectivity index (χ1n) is 5.78. The smallest absolute Gasteiger partial charge is 0.150 e. The van der Waals surface area contributed by atoms with Crippen LogP contribution in [0.5, 0.6) is 11.5 Å². The highest BCUT2D eigenvalue weighted by Crippen LogP contribution is 2.42. The lowest BCUT2D eigenvalue weighted by molar-refractivity contribution is 0.112. The Bertz CT molecular complexity index is 654. The Morgan fingerprint density at radius 1 is 1.00 bits per heavy atom. The molecular formula is C15H12Cl2O3. The van der Waals surface area contributed by atoms with Crippen molar-refractivity contribution in [1.82, 2.24) is 0 Å². The van der Waals surface area contributed by atoms with Crippen LogP contribution < -0.4 is 9.47 Å². The molecule has 20 heavy (non-hydrogen) atoms. The van der Waals surface area contributed by atoms with E-state index in [0.717, 1.165) is 6.29 Å². The second-order valence-corrected chi connectivity index (χ2v) is 4.83. The van der Waals surface area contributed by atoms with Crippen LogP contribution in [0.3, 0.4) is 0 Å². The molecule has 0 heterocycles. The van der Waals surface area contributed by atoms with Gasteiger partial charge in [-0.2, -0.15) is 0 Å². The summed E-state index contributed by atoms with van der Waals surface area (Å²) in [6, 6.07) is 8.58. The summed E-state index contributed by atoms with van der Waals surface area (Å²) >= 11 is 12.1. The minimum Gasteiger partial charge on any atom is -0.495 e. The van der Waals surface area contributed by atoms with Crippen molar-refractivity contribution >= 4 is 29.5 Å². The summed E-state index contributed by atoms with van der Waals surface area (Å²) in [5, 5.41) is 0.855. The molecule has 104 valence electrons. The summed E-state index contributed by atoms with van der Waals surface area (Å²) in [5.41, 5.74) is 1.87. The number of carbonyl (C=O) groups is 1. The fourth-order valence-corrected chi connectivity index (χ4v) is 2.48. The van der Waals surface area contributed by atoms with E-state index in [9.17, 15) is 4.79 Å². The van der Waals surface area contributed by atoms with Gasteiger partial charge in [0.1, 0.15) is 16.5 Å². The van der Waals surface area contributed by atoms with Gasteiger partial charge in [0.15, 0.2) is 6.29 Å². The maximum atomic E-state index is 11.2. The van der Waals surface area contributed by atoms with Gasteiger partial charge in [0, 0.05) is 16.1 Å². The average molecular weight is 311 g/mol. The number of aldehydes is 1. The van der Waals surface area contributed by atoms with Crippen molar-refractivity contribution in [2.75, 3.05) is 14.2 Å². The van der Waals surface area contributed by atoms with Gasteiger partial charge in [0.05, 0.1) is 14.2 Å². The minimum atomic E-state index is 0.360. The van der Waals surface area contributed by atoms with E-state index in [1.807, 2.05) is 0 Å². The molecule has 0 atom stereocenters. The number of carbonyl (C=O) groups excluding carboxylic acids is 1. The van der Waals surface area contributed by atoms with Crippen LogP contribution in [-0.4, -0.2) is 20.5 Å². The first-order valence-corrected chi connectivity index (χ1v) is 6.53. The van der Waals surface area contributed by atoms with Crippen molar-refractivity contribution in [1.29, 1.82) is 0 Å². The number of hydrogen-bond donors (Lipinski definition) is 0. The van der Waals surface area contributed by atoms with E-state index >= 15 is 0 Å². The molecule has 0 aromatic heterocycles. The van der Waals surface area contributed by atoms with Crippen LogP contribution in [0.1, 0.15) is 10.4 Å². The average Bonchev–Trinajstić information content (AvgIpc) is 2.46. The van der Waals surface area contributed by atoms with Crippen molar-refractivity contribution in [2.45, 2.75) is 0 Å². The van der Waals surface area contributed by atoms with E-state index in [4.69, 9.17) is 32.7 Å². The van der Waals surface area contributed by atoms with Crippen LogP contribution in [0, 0.1) is 0 Å². The molecule has 2 aromatic carbocycles. The number of methoxy groups -OCH3 is 2. The first-order chi connectivity index (χ1) is 9.62. The molecule has 5 heteroatoms. The van der Waals surface area contributed by atoms with E-state index in [2.05, 4.69) is 0 Å². The summed E-state index contributed by atoms with van der Waals surface area (Å²) in [5.74, 6) is 0.963. The molecular weight excluding hydrogens is 299 g/mol. The van der Waals surface area contributed by atoms with Gasteiger partial charge in [0.25, 0.3) is 0 Å². The third kappa shape index (κ3) is 2.60. The molecule has 0 aliphatic rings. The van der Waals surface area contributed by atoms with Gasteiger partial charge in [-0.3, -0.25) is 4.79 Å². The van der Waals surface area contributed by atoms with Crippen LogP contribution in [0.4, 0.5) is 0 Å². The Kier molecular flexibility index (Phi) is 4.53. The van der Waals surface area contributed by atoms with Crippen molar-refractivity contribution < 1.29 is 14.3 Å². The monoisotopic (exact) mass is 310 g/mol. The summed E-state index contributed by atoms with van der Waals surface area (Å²) in [6.07, 6.45) is 0.749. The Balaban J connectivity index is 2.70. The Morgan fingerprint density at radius 3 is 2.30 bits per heavy atom. The SMILES string of the molecule is COc1ccc(-c2ccc(Cl)cc2C=O)c(OC)c1Cl. The van der Waals surface area contributed by atoms with E-state index in [0.29, 0.717) is 38.2 Å². The van der Waals surface area contributed by atoms with Crippen molar-refractivity contribution in [3.05, 3.63) is 45.9 Å². The zero-order valence-electron chi connectivity index (χ0n) is 10.9. The van der Waals surface area contributed by atoms with Crippen LogP contribution >= 0.6 is 23.2 Å². The highest BCUT2D eigenvalue weighted by Gasteiger charge is 2.16. The predicted octanol–water partition coefficient (Wildman–Crippen LogP) is 4.49. The molecule has 0 spiro atoms.